The summed E-state index contributed by atoms with van der Waals surface area (Å²) in [4.78, 5) is 11.1. The lowest BCUT2D eigenvalue weighted by Gasteiger charge is -2.14. The number of rotatable bonds is 4. The molecule has 1 aromatic carbocycles. The number of ether oxygens (including phenoxy) is 2. The summed E-state index contributed by atoms with van der Waals surface area (Å²) in [6, 6.07) is 4.95. The number of halogens is 6. The number of hydrogen-bond donors (Lipinski definition) is 1. The van der Waals surface area contributed by atoms with Gasteiger partial charge in [-0.1, -0.05) is 12.1 Å². The fourth-order valence-corrected chi connectivity index (χ4v) is 1.15. The highest BCUT2D eigenvalue weighted by Crippen LogP contribution is 2.26. The fraction of sp³-hybridized carbons (Fsp3) is 0.364. The normalized spacial score (nSPS) is 11.9. The minimum atomic E-state index is -4.70. The van der Waals surface area contributed by atoms with E-state index in [4.69, 9.17) is 0 Å². The Morgan fingerprint density at radius 2 is 1.57 bits per heavy atom. The zero-order chi connectivity index (χ0) is 16.1. The van der Waals surface area contributed by atoms with Gasteiger partial charge in [-0.15, -0.1) is 0 Å². The molecule has 0 bridgehead atoms. The van der Waals surface area contributed by atoms with E-state index in [0.29, 0.717) is 0 Å². The number of para-hydroxylation sites is 2. The first-order valence-electron chi connectivity index (χ1n) is 5.36. The molecule has 0 aliphatic heterocycles. The van der Waals surface area contributed by atoms with Gasteiger partial charge >= 0.3 is 18.4 Å². The zero-order valence-corrected chi connectivity index (χ0v) is 10.2. The minimum Gasteiger partial charge on any atom is -0.482 e. The summed E-state index contributed by atoms with van der Waals surface area (Å²) >= 11 is 0. The third kappa shape index (κ3) is 7.28. The average molecular weight is 317 g/mol. The summed E-state index contributed by atoms with van der Waals surface area (Å²) in [5.74, 6) is -0.348. The second kappa shape index (κ2) is 6.55. The number of carbonyl (C=O) groups excluding carboxylic acids is 1. The van der Waals surface area contributed by atoms with Crippen molar-refractivity contribution in [1.82, 2.24) is 0 Å². The molecule has 10 heteroatoms. The highest BCUT2D eigenvalue weighted by Gasteiger charge is 2.30. The van der Waals surface area contributed by atoms with Crippen molar-refractivity contribution in [3.8, 4) is 5.75 Å². The highest BCUT2D eigenvalue weighted by molar-refractivity contribution is 5.86. The van der Waals surface area contributed by atoms with E-state index in [1.807, 2.05) is 5.32 Å². The summed E-state index contributed by atoms with van der Waals surface area (Å²) in [5, 5.41) is 1.87. The minimum absolute atomic E-state index is 0.242. The number of amides is 1. The van der Waals surface area contributed by atoms with Crippen LogP contribution in [0.3, 0.4) is 0 Å². The van der Waals surface area contributed by atoms with Crippen LogP contribution >= 0.6 is 0 Å². The number of anilines is 1. The van der Waals surface area contributed by atoms with E-state index in [0.717, 1.165) is 12.1 Å². The molecule has 0 radical (unpaired) electrons. The second-order valence-corrected chi connectivity index (χ2v) is 3.72. The molecular weight excluding hydrogens is 308 g/mol. The van der Waals surface area contributed by atoms with Crippen LogP contribution in [0.15, 0.2) is 24.3 Å². The third-order valence-electron chi connectivity index (χ3n) is 1.88. The molecule has 1 N–H and O–H groups in total. The van der Waals surface area contributed by atoms with Crippen LogP contribution in [0.2, 0.25) is 0 Å². The zero-order valence-electron chi connectivity index (χ0n) is 10.2. The molecule has 0 aromatic heterocycles. The van der Waals surface area contributed by atoms with Gasteiger partial charge in [0.1, 0.15) is 5.75 Å². The van der Waals surface area contributed by atoms with Crippen LogP contribution < -0.4 is 10.1 Å². The Morgan fingerprint density at radius 1 is 1.00 bits per heavy atom. The summed E-state index contributed by atoms with van der Waals surface area (Å²) < 4.78 is 79.9. The Morgan fingerprint density at radius 3 is 2.14 bits per heavy atom. The number of carbonyl (C=O) groups is 1. The standard InChI is InChI=1S/C11H9F6NO3/c12-10(13,14)5-20-8-4-2-1-3-7(8)18-9(19)21-6-11(15,16)17/h1-4H,5-6H2,(H,18,19). The topological polar surface area (TPSA) is 47.6 Å². The summed E-state index contributed by atoms with van der Waals surface area (Å²) in [6.07, 6.45) is -10.8. The summed E-state index contributed by atoms with van der Waals surface area (Å²) in [7, 11) is 0. The van der Waals surface area contributed by atoms with Crippen LogP contribution in [-0.4, -0.2) is 31.7 Å². The molecule has 0 spiro atoms. The fourth-order valence-electron chi connectivity index (χ4n) is 1.15. The predicted molar refractivity (Wildman–Crippen MR) is 59.0 cm³/mol. The third-order valence-corrected chi connectivity index (χ3v) is 1.88. The van der Waals surface area contributed by atoms with Crippen LogP contribution in [0.25, 0.3) is 0 Å². The smallest absolute Gasteiger partial charge is 0.422 e. The molecule has 1 rings (SSSR count). The van der Waals surface area contributed by atoms with Gasteiger partial charge in [-0.2, -0.15) is 26.3 Å². The first-order valence-corrected chi connectivity index (χ1v) is 5.36. The van der Waals surface area contributed by atoms with Crippen molar-refractivity contribution >= 4 is 11.8 Å². The van der Waals surface area contributed by atoms with Gasteiger partial charge in [-0.05, 0) is 12.1 Å². The molecule has 0 unspecified atom stereocenters. The van der Waals surface area contributed by atoms with Gasteiger partial charge in [-0.3, -0.25) is 5.32 Å². The quantitative estimate of drug-likeness (QED) is 0.861. The molecule has 1 aromatic rings. The molecule has 0 fully saturated rings. The first kappa shape index (κ1) is 16.9. The number of alkyl halides is 6. The Bertz CT molecular complexity index is 486. The SMILES string of the molecule is O=C(Nc1ccccc1OCC(F)(F)F)OCC(F)(F)F. The molecule has 0 atom stereocenters. The maximum absolute atomic E-state index is 12.0. The maximum atomic E-state index is 12.0. The number of benzene rings is 1. The summed E-state index contributed by atoms with van der Waals surface area (Å²) in [6.45, 7) is -3.42. The lowest BCUT2D eigenvalue weighted by atomic mass is 10.3. The summed E-state index contributed by atoms with van der Waals surface area (Å²) in [5.41, 5.74) is -0.242. The molecule has 4 nitrogen and oxygen atoms in total. The molecule has 0 saturated carbocycles. The van der Waals surface area contributed by atoms with Crippen molar-refractivity contribution in [3.05, 3.63) is 24.3 Å². The molecule has 0 saturated heterocycles. The van der Waals surface area contributed by atoms with E-state index >= 15 is 0 Å². The van der Waals surface area contributed by atoms with Crippen LogP contribution in [0, 0.1) is 0 Å². The Balaban J connectivity index is 2.64. The van der Waals surface area contributed by atoms with E-state index in [1.54, 1.807) is 0 Å². The molecule has 0 aliphatic rings. The van der Waals surface area contributed by atoms with Crippen LogP contribution in [0.4, 0.5) is 36.8 Å². The number of hydrogen-bond acceptors (Lipinski definition) is 3. The molecule has 0 aliphatic carbocycles. The van der Waals surface area contributed by atoms with Gasteiger partial charge in [-0.25, -0.2) is 4.79 Å². The van der Waals surface area contributed by atoms with Crippen molar-refractivity contribution in [1.29, 1.82) is 0 Å². The maximum Gasteiger partial charge on any atom is 0.422 e. The van der Waals surface area contributed by atoms with Gasteiger partial charge < -0.3 is 9.47 Å². The van der Waals surface area contributed by atoms with Crippen LogP contribution in [0.1, 0.15) is 0 Å². The molecule has 21 heavy (non-hydrogen) atoms. The van der Waals surface area contributed by atoms with Gasteiger partial charge in [0.15, 0.2) is 13.2 Å². The van der Waals surface area contributed by atoms with Crippen molar-refractivity contribution in [2.24, 2.45) is 0 Å². The van der Waals surface area contributed by atoms with E-state index in [-0.39, 0.29) is 11.4 Å². The predicted octanol–water partition coefficient (Wildman–Crippen LogP) is 3.74. The van der Waals surface area contributed by atoms with Gasteiger partial charge in [0.05, 0.1) is 5.69 Å². The molecular formula is C11H9F6NO3. The van der Waals surface area contributed by atoms with Crippen molar-refractivity contribution in [3.63, 3.8) is 0 Å². The van der Waals surface area contributed by atoms with Crippen molar-refractivity contribution in [2.75, 3.05) is 18.5 Å². The monoisotopic (exact) mass is 317 g/mol. The largest absolute Gasteiger partial charge is 0.482 e. The van der Waals surface area contributed by atoms with E-state index in [2.05, 4.69) is 9.47 Å². The Labute approximate surface area is 114 Å². The van der Waals surface area contributed by atoms with Crippen LogP contribution in [-0.2, 0) is 4.74 Å². The molecule has 118 valence electrons. The van der Waals surface area contributed by atoms with E-state index < -0.39 is 31.7 Å². The van der Waals surface area contributed by atoms with Crippen molar-refractivity contribution < 1.29 is 40.6 Å². The van der Waals surface area contributed by atoms with E-state index in [9.17, 15) is 31.1 Å². The Kier molecular flexibility index (Phi) is 5.28. The Hall–Kier alpha value is -2.13. The van der Waals surface area contributed by atoms with Gasteiger partial charge in [0, 0.05) is 0 Å². The number of nitrogens with one attached hydrogen (secondary N) is 1. The highest BCUT2D eigenvalue weighted by atomic mass is 19.4. The first-order chi connectivity index (χ1) is 9.57. The molecule has 0 heterocycles. The van der Waals surface area contributed by atoms with Crippen molar-refractivity contribution in [2.45, 2.75) is 12.4 Å². The lowest BCUT2D eigenvalue weighted by Crippen LogP contribution is -2.24. The second-order valence-electron chi connectivity index (χ2n) is 3.72. The van der Waals surface area contributed by atoms with Crippen LogP contribution in [0.5, 0.6) is 5.75 Å². The van der Waals surface area contributed by atoms with Gasteiger partial charge in [0.25, 0.3) is 0 Å². The van der Waals surface area contributed by atoms with Gasteiger partial charge in [0.2, 0.25) is 0 Å². The van der Waals surface area contributed by atoms with E-state index in [1.165, 1.54) is 12.1 Å². The average Bonchev–Trinajstić information content (AvgIpc) is 2.33. The lowest BCUT2D eigenvalue weighted by molar-refractivity contribution is -0.159. The molecule has 1 amide bonds.